The Morgan fingerprint density at radius 1 is 1.24 bits per heavy atom. The molecule has 1 unspecified atom stereocenters. The molecule has 1 aromatic rings. The number of hydrogen-bond acceptors (Lipinski definition) is 3. The van der Waals surface area contributed by atoms with E-state index in [2.05, 4.69) is 31.0 Å². The summed E-state index contributed by atoms with van der Waals surface area (Å²) in [5.74, 6) is 0.546. The monoisotopic (exact) mass is 291 g/mol. The van der Waals surface area contributed by atoms with Crippen molar-refractivity contribution >= 4 is 11.6 Å². The van der Waals surface area contributed by atoms with Crippen molar-refractivity contribution in [2.75, 3.05) is 18.0 Å². The highest BCUT2D eigenvalue weighted by atomic mass is 16.2. The van der Waals surface area contributed by atoms with Crippen LogP contribution in [0.4, 0.5) is 5.69 Å². The quantitative estimate of drug-likeness (QED) is 0.774. The van der Waals surface area contributed by atoms with Crippen LogP contribution in [0.5, 0.6) is 0 Å². The molecule has 0 bridgehead atoms. The minimum atomic E-state index is -0.174. The van der Waals surface area contributed by atoms with Gasteiger partial charge in [0.2, 0.25) is 5.91 Å². The van der Waals surface area contributed by atoms with Crippen LogP contribution >= 0.6 is 0 Å². The molecule has 0 aromatic heterocycles. The summed E-state index contributed by atoms with van der Waals surface area (Å²) in [6.45, 7) is 10.4. The fourth-order valence-electron chi connectivity index (χ4n) is 2.20. The highest BCUT2D eigenvalue weighted by Crippen LogP contribution is 2.18. The standard InChI is InChI=1S/C17H29N3O/c1-5-10-20(14(4)17(21)19-12-13(2)3)16-8-6-15(11-18)7-9-16/h6-9,13-14H,5,10-12,18H2,1-4H3,(H,19,21). The van der Waals surface area contributed by atoms with E-state index in [1.165, 1.54) is 0 Å². The molecule has 3 N–H and O–H groups in total. The lowest BCUT2D eigenvalue weighted by Gasteiger charge is -2.30. The predicted molar refractivity (Wildman–Crippen MR) is 89.3 cm³/mol. The summed E-state index contributed by atoms with van der Waals surface area (Å²) in [5.41, 5.74) is 7.81. The fraction of sp³-hybridized carbons (Fsp3) is 0.588. The molecule has 1 rings (SSSR count). The van der Waals surface area contributed by atoms with Gasteiger partial charge >= 0.3 is 0 Å². The second-order valence-corrected chi connectivity index (χ2v) is 5.88. The average Bonchev–Trinajstić information content (AvgIpc) is 2.49. The third-order valence-corrected chi connectivity index (χ3v) is 3.50. The Morgan fingerprint density at radius 2 is 1.86 bits per heavy atom. The fourth-order valence-corrected chi connectivity index (χ4v) is 2.20. The van der Waals surface area contributed by atoms with Gasteiger partial charge in [-0.3, -0.25) is 4.79 Å². The number of nitrogens with two attached hydrogens (primary N) is 1. The first-order valence-electron chi connectivity index (χ1n) is 7.82. The highest BCUT2D eigenvalue weighted by molar-refractivity contribution is 5.84. The number of benzene rings is 1. The molecule has 1 amide bonds. The van der Waals surface area contributed by atoms with Crippen LogP contribution in [0.3, 0.4) is 0 Å². The van der Waals surface area contributed by atoms with E-state index in [-0.39, 0.29) is 11.9 Å². The van der Waals surface area contributed by atoms with Crippen LogP contribution in [-0.2, 0) is 11.3 Å². The largest absolute Gasteiger partial charge is 0.360 e. The summed E-state index contributed by atoms with van der Waals surface area (Å²) in [5, 5.41) is 3.01. The molecule has 0 aliphatic rings. The van der Waals surface area contributed by atoms with Gasteiger partial charge < -0.3 is 16.0 Å². The molecule has 0 saturated heterocycles. The Bertz CT molecular complexity index is 428. The van der Waals surface area contributed by atoms with Gasteiger partial charge in [0, 0.05) is 25.3 Å². The number of carbonyl (C=O) groups excluding carboxylic acids is 1. The van der Waals surface area contributed by atoms with Gasteiger partial charge in [-0.15, -0.1) is 0 Å². The van der Waals surface area contributed by atoms with E-state index in [0.717, 1.165) is 30.8 Å². The summed E-state index contributed by atoms with van der Waals surface area (Å²) >= 11 is 0. The van der Waals surface area contributed by atoms with Crippen LogP contribution in [0.1, 0.15) is 39.7 Å². The van der Waals surface area contributed by atoms with E-state index >= 15 is 0 Å². The molecule has 4 heteroatoms. The zero-order chi connectivity index (χ0) is 15.8. The van der Waals surface area contributed by atoms with Crippen molar-refractivity contribution in [1.29, 1.82) is 0 Å². The lowest BCUT2D eigenvalue weighted by Crippen LogP contribution is -2.46. The Balaban J connectivity index is 2.80. The maximum absolute atomic E-state index is 12.3. The van der Waals surface area contributed by atoms with Crippen molar-refractivity contribution in [2.24, 2.45) is 11.7 Å². The van der Waals surface area contributed by atoms with Gasteiger partial charge in [0.15, 0.2) is 0 Å². The van der Waals surface area contributed by atoms with E-state index in [1.54, 1.807) is 0 Å². The summed E-state index contributed by atoms with van der Waals surface area (Å²) < 4.78 is 0. The molecular weight excluding hydrogens is 262 g/mol. The number of amides is 1. The number of carbonyl (C=O) groups is 1. The lowest BCUT2D eigenvalue weighted by molar-refractivity contribution is -0.122. The van der Waals surface area contributed by atoms with Crippen molar-refractivity contribution in [3.05, 3.63) is 29.8 Å². The molecule has 0 saturated carbocycles. The van der Waals surface area contributed by atoms with Crippen LogP contribution in [0.15, 0.2) is 24.3 Å². The molecule has 1 atom stereocenters. The van der Waals surface area contributed by atoms with Crippen LogP contribution in [-0.4, -0.2) is 25.0 Å². The molecule has 0 fully saturated rings. The topological polar surface area (TPSA) is 58.4 Å². The molecule has 0 radical (unpaired) electrons. The lowest BCUT2D eigenvalue weighted by atomic mass is 10.1. The Labute approximate surface area is 128 Å². The van der Waals surface area contributed by atoms with Gasteiger partial charge in [-0.2, -0.15) is 0 Å². The molecule has 21 heavy (non-hydrogen) atoms. The molecule has 118 valence electrons. The van der Waals surface area contributed by atoms with Crippen LogP contribution in [0, 0.1) is 5.92 Å². The smallest absolute Gasteiger partial charge is 0.242 e. The minimum Gasteiger partial charge on any atom is -0.360 e. The van der Waals surface area contributed by atoms with Crippen LogP contribution in [0.25, 0.3) is 0 Å². The van der Waals surface area contributed by atoms with E-state index in [1.807, 2.05) is 31.2 Å². The maximum Gasteiger partial charge on any atom is 0.242 e. The normalized spacial score (nSPS) is 12.3. The summed E-state index contributed by atoms with van der Waals surface area (Å²) in [6, 6.07) is 7.97. The van der Waals surface area contributed by atoms with Crippen molar-refractivity contribution in [2.45, 2.75) is 46.7 Å². The minimum absolute atomic E-state index is 0.0834. The number of anilines is 1. The number of nitrogens with one attached hydrogen (secondary N) is 1. The van der Waals surface area contributed by atoms with Gasteiger partial charge in [0.25, 0.3) is 0 Å². The van der Waals surface area contributed by atoms with Crippen LogP contribution < -0.4 is 16.0 Å². The van der Waals surface area contributed by atoms with E-state index in [9.17, 15) is 4.79 Å². The van der Waals surface area contributed by atoms with Crippen LogP contribution in [0.2, 0.25) is 0 Å². The Hall–Kier alpha value is -1.55. The average molecular weight is 291 g/mol. The first kappa shape index (κ1) is 17.5. The maximum atomic E-state index is 12.3. The predicted octanol–water partition coefficient (Wildman–Crippen LogP) is 2.52. The molecule has 4 nitrogen and oxygen atoms in total. The van der Waals surface area contributed by atoms with Gasteiger partial charge in [0.1, 0.15) is 6.04 Å². The Kier molecular flexibility index (Phi) is 7.23. The zero-order valence-electron chi connectivity index (χ0n) is 13.7. The number of nitrogens with zero attached hydrogens (tertiary/aromatic N) is 1. The summed E-state index contributed by atoms with van der Waals surface area (Å²) in [4.78, 5) is 14.4. The van der Waals surface area contributed by atoms with Crippen molar-refractivity contribution in [3.8, 4) is 0 Å². The number of hydrogen-bond donors (Lipinski definition) is 2. The molecule has 0 spiro atoms. The van der Waals surface area contributed by atoms with Gasteiger partial charge in [-0.25, -0.2) is 0 Å². The molecule has 0 aliphatic carbocycles. The summed E-state index contributed by atoms with van der Waals surface area (Å²) in [6.07, 6.45) is 1.00. The van der Waals surface area contributed by atoms with Gasteiger partial charge in [-0.1, -0.05) is 32.9 Å². The second kappa shape index (κ2) is 8.67. The van der Waals surface area contributed by atoms with Crippen molar-refractivity contribution in [1.82, 2.24) is 5.32 Å². The zero-order valence-corrected chi connectivity index (χ0v) is 13.7. The first-order valence-corrected chi connectivity index (χ1v) is 7.82. The third kappa shape index (κ3) is 5.38. The van der Waals surface area contributed by atoms with E-state index in [0.29, 0.717) is 12.5 Å². The van der Waals surface area contributed by atoms with E-state index in [4.69, 9.17) is 5.73 Å². The van der Waals surface area contributed by atoms with E-state index < -0.39 is 0 Å². The highest BCUT2D eigenvalue weighted by Gasteiger charge is 2.21. The Morgan fingerprint density at radius 3 is 2.33 bits per heavy atom. The van der Waals surface area contributed by atoms with Crippen molar-refractivity contribution in [3.63, 3.8) is 0 Å². The van der Waals surface area contributed by atoms with Crippen molar-refractivity contribution < 1.29 is 4.79 Å². The molecule has 1 aromatic carbocycles. The molecular formula is C17H29N3O. The number of rotatable bonds is 8. The van der Waals surface area contributed by atoms with Gasteiger partial charge in [-0.05, 0) is 37.0 Å². The summed E-state index contributed by atoms with van der Waals surface area (Å²) in [7, 11) is 0. The second-order valence-electron chi connectivity index (χ2n) is 5.88. The molecule has 0 heterocycles. The van der Waals surface area contributed by atoms with Gasteiger partial charge in [0.05, 0.1) is 0 Å². The SMILES string of the molecule is CCCN(c1ccc(CN)cc1)C(C)C(=O)NCC(C)C. The third-order valence-electron chi connectivity index (χ3n) is 3.50. The molecule has 0 aliphatic heterocycles. The first-order chi connectivity index (χ1) is 9.99.